The van der Waals surface area contributed by atoms with Gasteiger partial charge < -0.3 is 9.64 Å². The smallest absolute Gasteiger partial charge is 0.350 e. The summed E-state index contributed by atoms with van der Waals surface area (Å²) < 4.78 is 17.9. The van der Waals surface area contributed by atoms with Crippen LogP contribution in [0.4, 0.5) is 10.1 Å². The Balaban J connectivity index is 2.03. The summed E-state index contributed by atoms with van der Waals surface area (Å²) in [5, 5.41) is 0. The lowest BCUT2D eigenvalue weighted by atomic mass is 9.82. The summed E-state index contributed by atoms with van der Waals surface area (Å²) in [6.07, 6.45) is 0. The van der Waals surface area contributed by atoms with E-state index in [0.717, 1.165) is 10.4 Å². The van der Waals surface area contributed by atoms with E-state index in [2.05, 4.69) is 0 Å². The third-order valence-corrected chi connectivity index (χ3v) is 5.03. The topological polar surface area (TPSA) is 46.6 Å². The Morgan fingerprint density at radius 3 is 2.48 bits per heavy atom. The van der Waals surface area contributed by atoms with Gasteiger partial charge in [-0.1, -0.05) is 12.1 Å². The molecule has 0 saturated carbocycles. The van der Waals surface area contributed by atoms with Crippen LogP contribution in [0, 0.1) is 11.2 Å². The molecule has 6 heteroatoms. The average molecular weight is 333 g/mol. The number of methoxy groups -OCH3 is 1. The highest BCUT2D eigenvalue weighted by atomic mass is 32.1. The number of ether oxygens (including phenoxy) is 1. The Morgan fingerprint density at radius 2 is 1.96 bits per heavy atom. The minimum Gasteiger partial charge on any atom is -0.465 e. The van der Waals surface area contributed by atoms with Crippen LogP contribution in [0.5, 0.6) is 0 Å². The van der Waals surface area contributed by atoms with Crippen molar-refractivity contribution in [2.45, 2.75) is 13.8 Å². The van der Waals surface area contributed by atoms with E-state index in [1.165, 1.54) is 30.6 Å². The molecule has 3 rings (SSSR count). The lowest BCUT2D eigenvalue weighted by molar-refractivity contribution is -0.132. The molecule has 1 aromatic carbocycles. The molecule has 1 aliphatic heterocycles. The summed E-state index contributed by atoms with van der Waals surface area (Å²) in [4.78, 5) is 27.1. The largest absolute Gasteiger partial charge is 0.465 e. The van der Waals surface area contributed by atoms with E-state index >= 15 is 0 Å². The maximum Gasteiger partial charge on any atom is 0.350 e. The summed E-state index contributed by atoms with van der Waals surface area (Å²) >= 11 is 1.24. The van der Waals surface area contributed by atoms with Gasteiger partial charge in [-0.05, 0) is 37.6 Å². The molecular formula is C17H16FNO3S. The molecule has 2 heterocycles. The number of β-lactam (4-membered cyclic amide) rings is 1. The van der Waals surface area contributed by atoms with Crippen molar-refractivity contribution in [1.82, 2.24) is 0 Å². The monoisotopic (exact) mass is 333 g/mol. The summed E-state index contributed by atoms with van der Waals surface area (Å²) in [5.74, 6) is -0.819. The molecule has 1 aliphatic rings. The molecule has 1 aromatic heterocycles. The van der Waals surface area contributed by atoms with Gasteiger partial charge in [-0.15, -0.1) is 11.3 Å². The van der Waals surface area contributed by atoms with Gasteiger partial charge in [0.1, 0.15) is 10.7 Å². The number of rotatable bonds is 3. The highest BCUT2D eigenvalue weighted by Crippen LogP contribution is 2.43. The van der Waals surface area contributed by atoms with Crippen molar-refractivity contribution in [3.8, 4) is 10.4 Å². The van der Waals surface area contributed by atoms with Crippen LogP contribution in [0.2, 0.25) is 0 Å². The van der Waals surface area contributed by atoms with Crippen LogP contribution in [-0.4, -0.2) is 25.5 Å². The number of carbonyl (C=O) groups excluding carboxylic acids is 2. The zero-order valence-electron chi connectivity index (χ0n) is 13.1. The fourth-order valence-corrected chi connectivity index (χ4v) is 3.67. The maximum absolute atomic E-state index is 13.1. The summed E-state index contributed by atoms with van der Waals surface area (Å²) in [7, 11) is 1.31. The van der Waals surface area contributed by atoms with Crippen LogP contribution >= 0.6 is 11.3 Å². The molecule has 0 N–H and O–H groups in total. The van der Waals surface area contributed by atoms with E-state index in [0.29, 0.717) is 17.1 Å². The molecule has 4 nitrogen and oxygen atoms in total. The zero-order valence-corrected chi connectivity index (χ0v) is 13.9. The molecule has 0 radical (unpaired) electrons. The zero-order chi connectivity index (χ0) is 16.8. The Hall–Kier alpha value is -2.21. The van der Waals surface area contributed by atoms with Crippen LogP contribution in [-0.2, 0) is 9.53 Å². The Labute approximate surface area is 137 Å². The van der Waals surface area contributed by atoms with Crippen LogP contribution in [0.25, 0.3) is 10.4 Å². The lowest BCUT2D eigenvalue weighted by Crippen LogP contribution is -2.58. The Bertz CT molecular complexity index is 780. The fraction of sp³-hybridized carbons (Fsp3) is 0.294. The molecule has 0 unspecified atom stereocenters. The number of nitrogens with zero attached hydrogens (tertiary/aromatic N) is 1. The van der Waals surface area contributed by atoms with Gasteiger partial charge >= 0.3 is 5.97 Å². The van der Waals surface area contributed by atoms with Gasteiger partial charge in [-0.25, -0.2) is 9.18 Å². The normalized spacial score (nSPS) is 16.2. The molecule has 120 valence electrons. The predicted molar refractivity (Wildman–Crippen MR) is 87.2 cm³/mol. The van der Waals surface area contributed by atoms with Crippen LogP contribution in [0.1, 0.15) is 23.5 Å². The third kappa shape index (κ3) is 2.63. The lowest BCUT2D eigenvalue weighted by Gasteiger charge is -2.44. The first-order chi connectivity index (χ1) is 10.8. The van der Waals surface area contributed by atoms with Crippen molar-refractivity contribution in [2.24, 2.45) is 5.41 Å². The van der Waals surface area contributed by atoms with Gasteiger partial charge in [0, 0.05) is 11.4 Å². The highest BCUT2D eigenvalue weighted by molar-refractivity contribution is 7.18. The third-order valence-electron chi connectivity index (χ3n) is 3.88. The Morgan fingerprint density at radius 1 is 1.30 bits per heavy atom. The predicted octanol–water partition coefficient (Wildman–Crippen LogP) is 3.71. The second-order valence-electron chi connectivity index (χ2n) is 6.10. The van der Waals surface area contributed by atoms with Crippen molar-refractivity contribution in [1.29, 1.82) is 0 Å². The van der Waals surface area contributed by atoms with Gasteiger partial charge in [-0.3, -0.25) is 4.79 Å². The van der Waals surface area contributed by atoms with Crippen molar-refractivity contribution in [3.63, 3.8) is 0 Å². The molecule has 2 aromatic rings. The van der Waals surface area contributed by atoms with Gasteiger partial charge in [0.2, 0.25) is 5.91 Å². The average Bonchev–Trinajstić information content (AvgIpc) is 2.97. The van der Waals surface area contributed by atoms with Crippen molar-refractivity contribution in [3.05, 3.63) is 41.0 Å². The first-order valence-electron chi connectivity index (χ1n) is 7.13. The second-order valence-corrected chi connectivity index (χ2v) is 7.15. The molecule has 0 aliphatic carbocycles. The number of hydrogen-bond acceptors (Lipinski definition) is 4. The van der Waals surface area contributed by atoms with Crippen LogP contribution in [0.3, 0.4) is 0 Å². The van der Waals surface area contributed by atoms with Gasteiger partial charge in [0.05, 0.1) is 18.2 Å². The minimum absolute atomic E-state index is 0.0221. The number of carbonyl (C=O) groups is 2. The van der Waals surface area contributed by atoms with E-state index in [4.69, 9.17) is 4.74 Å². The van der Waals surface area contributed by atoms with Crippen molar-refractivity contribution in [2.75, 3.05) is 18.6 Å². The highest BCUT2D eigenvalue weighted by Gasteiger charge is 2.46. The van der Waals surface area contributed by atoms with Gasteiger partial charge in [0.15, 0.2) is 0 Å². The van der Waals surface area contributed by atoms with Gasteiger partial charge in [-0.2, -0.15) is 0 Å². The number of anilines is 1. The second kappa shape index (κ2) is 5.45. The van der Waals surface area contributed by atoms with E-state index < -0.39 is 11.4 Å². The minimum atomic E-state index is -0.476. The standard InChI is InChI=1S/C17H16FNO3S/c1-17(2)9-19(16(17)21)12-8-13(23-14(12)15(20)22-3)10-4-6-11(18)7-5-10/h4-8H,9H2,1-3H3. The van der Waals surface area contributed by atoms with Crippen LogP contribution < -0.4 is 4.90 Å². The van der Waals surface area contributed by atoms with Crippen molar-refractivity contribution >= 4 is 28.9 Å². The first kappa shape index (κ1) is 15.7. The van der Waals surface area contributed by atoms with Gasteiger partial charge in [0.25, 0.3) is 0 Å². The molecule has 0 bridgehead atoms. The summed E-state index contributed by atoms with van der Waals surface area (Å²) in [6, 6.07) is 7.81. The van der Waals surface area contributed by atoms with E-state index in [-0.39, 0.29) is 11.7 Å². The number of esters is 1. The molecule has 23 heavy (non-hydrogen) atoms. The number of thiophene rings is 1. The summed E-state index contributed by atoms with van der Waals surface area (Å²) in [6.45, 7) is 4.29. The first-order valence-corrected chi connectivity index (χ1v) is 7.95. The number of halogens is 1. The Kier molecular flexibility index (Phi) is 3.72. The fourth-order valence-electron chi connectivity index (χ4n) is 2.58. The number of benzene rings is 1. The molecule has 0 spiro atoms. The number of amides is 1. The van der Waals surface area contributed by atoms with E-state index in [1.54, 1.807) is 23.1 Å². The molecule has 1 fully saturated rings. The van der Waals surface area contributed by atoms with Crippen molar-refractivity contribution < 1.29 is 18.7 Å². The van der Waals surface area contributed by atoms with E-state index in [1.807, 2.05) is 13.8 Å². The SMILES string of the molecule is COC(=O)c1sc(-c2ccc(F)cc2)cc1N1CC(C)(C)C1=O. The molecule has 1 saturated heterocycles. The molecule has 1 amide bonds. The van der Waals surface area contributed by atoms with E-state index in [9.17, 15) is 14.0 Å². The molecule has 0 atom stereocenters. The molecular weight excluding hydrogens is 317 g/mol. The van der Waals surface area contributed by atoms with Crippen LogP contribution in [0.15, 0.2) is 30.3 Å². The number of hydrogen-bond donors (Lipinski definition) is 0. The quantitative estimate of drug-likeness (QED) is 0.635. The maximum atomic E-state index is 13.1. The summed E-state index contributed by atoms with van der Waals surface area (Å²) in [5.41, 5.74) is 0.941.